The molecule has 1 heterocycles. The van der Waals surface area contributed by atoms with Gasteiger partial charge in [-0.05, 0) is 44.4 Å². The van der Waals surface area contributed by atoms with Crippen molar-refractivity contribution in [2.24, 2.45) is 11.1 Å². The molecule has 0 spiro atoms. The molecule has 0 bridgehead atoms. The van der Waals surface area contributed by atoms with Crippen molar-refractivity contribution in [1.29, 1.82) is 0 Å². The van der Waals surface area contributed by atoms with Crippen molar-refractivity contribution >= 4 is 15.7 Å². The van der Waals surface area contributed by atoms with Gasteiger partial charge in [-0.15, -0.1) is 0 Å². The maximum atomic E-state index is 11.6. The van der Waals surface area contributed by atoms with Crippen LogP contribution in [0.4, 0.5) is 0 Å². The van der Waals surface area contributed by atoms with Crippen molar-refractivity contribution in [2.75, 3.05) is 26.0 Å². The van der Waals surface area contributed by atoms with Gasteiger partial charge in [0.05, 0.1) is 24.7 Å². The lowest BCUT2D eigenvalue weighted by atomic mass is 9.95. The summed E-state index contributed by atoms with van der Waals surface area (Å²) in [5, 5.41) is 12.0. The van der Waals surface area contributed by atoms with Gasteiger partial charge in [0.2, 0.25) is 10.0 Å². The summed E-state index contributed by atoms with van der Waals surface area (Å²) >= 11 is 0. The first-order valence-corrected chi connectivity index (χ1v) is 9.10. The van der Waals surface area contributed by atoms with Crippen molar-refractivity contribution in [3.63, 3.8) is 0 Å². The van der Waals surface area contributed by atoms with Crippen LogP contribution in [0, 0.1) is 5.92 Å². The SMILES string of the molecule is CS(=O)(=O)N1CCCC(COC2CCC(=NO)CC2)C1. The average molecular weight is 304 g/mol. The van der Waals surface area contributed by atoms with Crippen LogP contribution in [0.5, 0.6) is 0 Å². The molecular weight excluding hydrogens is 280 g/mol. The summed E-state index contributed by atoms with van der Waals surface area (Å²) in [6.45, 7) is 1.84. The molecule has 1 saturated carbocycles. The number of sulfonamides is 1. The Kier molecular flexibility index (Phi) is 5.40. The van der Waals surface area contributed by atoms with Crippen LogP contribution in [0.1, 0.15) is 38.5 Å². The van der Waals surface area contributed by atoms with Gasteiger partial charge in [-0.25, -0.2) is 12.7 Å². The molecule has 0 aromatic rings. The zero-order valence-corrected chi connectivity index (χ0v) is 12.8. The molecule has 2 aliphatic rings. The van der Waals surface area contributed by atoms with E-state index in [9.17, 15) is 8.42 Å². The number of rotatable bonds is 4. The molecule has 1 aliphatic carbocycles. The summed E-state index contributed by atoms with van der Waals surface area (Å²) < 4.78 is 30.6. The number of hydrogen-bond acceptors (Lipinski definition) is 5. The largest absolute Gasteiger partial charge is 0.411 e. The van der Waals surface area contributed by atoms with Gasteiger partial charge in [0.15, 0.2) is 0 Å². The van der Waals surface area contributed by atoms with E-state index in [1.807, 2.05) is 0 Å². The molecule has 2 rings (SSSR count). The second kappa shape index (κ2) is 6.87. The summed E-state index contributed by atoms with van der Waals surface area (Å²) in [6.07, 6.45) is 6.79. The van der Waals surface area contributed by atoms with E-state index in [0.29, 0.717) is 25.6 Å². The van der Waals surface area contributed by atoms with Gasteiger partial charge in [0, 0.05) is 13.1 Å². The fourth-order valence-corrected chi connectivity index (χ4v) is 3.87. The van der Waals surface area contributed by atoms with Crippen molar-refractivity contribution < 1.29 is 18.4 Å². The lowest BCUT2D eigenvalue weighted by Gasteiger charge is -2.32. The molecule has 6 nitrogen and oxygen atoms in total. The molecule has 1 N–H and O–H groups in total. The van der Waals surface area contributed by atoms with Gasteiger partial charge >= 0.3 is 0 Å². The van der Waals surface area contributed by atoms with E-state index in [4.69, 9.17) is 9.94 Å². The Hall–Kier alpha value is -0.660. The van der Waals surface area contributed by atoms with Crippen molar-refractivity contribution in [3.05, 3.63) is 0 Å². The summed E-state index contributed by atoms with van der Waals surface area (Å²) in [5.41, 5.74) is 0.853. The Morgan fingerprint density at radius 2 is 2.05 bits per heavy atom. The van der Waals surface area contributed by atoms with Crippen molar-refractivity contribution in [2.45, 2.75) is 44.6 Å². The van der Waals surface area contributed by atoms with Crippen LogP contribution >= 0.6 is 0 Å². The highest BCUT2D eigenvalue weighted by Crippen LogP contribution is 2.23. The summed E-state index contributed by atoms with van der Waals surface area (Å²) in [6, 6.07) is 0. The molecule has 0 amide bonds. The zero-order valence-electron chi connectivity index (χ0n) is 12.0. The highest BCUT2D eigenvalue weighted by molar-refractivity contribution is 7.88. The molecule has 1 aliphatic heterocycles. The van der Waals surface area contributed by atoms with Gasteiger partial charge in [-0.1, -0.05) is 5.16 Å². The van der Waals surface area contributed by atoms with E-state index in [1.54, 1.807) is 4.31 Å². The van der Waals surface area contributed by atoms with Crippen molar-refractivity contribution in [3.8, 4) is 0 Å². The van der Waals surface area contributed by atoms with Crippen LogP contribution in [-0.2, 0) is 14.8 Å². The minimum Gasteiger partial charge on any atom is -0.411 e. The third-order valence-electron chi connectivity index (χ3n) is 4.17. The lowest BCUT2D eigenvalue weighted by molar-refractivity contribution is 0.00731. The third-order valence-corrected chi connectivity index (χ3v) is 5.44. The van der Waals surface area contributed by atoms with Crippen LogP contribution in [0.3, 0.4) is 0 Å². The normalized spacial score (nSPS) is 29.4. The van der Waals surface area contributed by atoms with Crippen LogP contribution in [-0.4, -0.2) is 55.7 Å². The maximum Gasteiger partial charge on any atom is 0.211 e. The number of oxime groups is 1. The molecular formula is C13H24N2O4S. The summed E-state index contributed by atoms with van der Waals surface area (Å²) in [7, 11) is -3.08. The molecule has 0 aromatic carbocycles. The topological polar surface area (TPSA) is 79.2 Å². The summed E-state index contributed by atoms with van der Waals surface area (Å²) in [4.78, 5) is 0. The quantitative estimate of drug-likeness (QED) is 0.630. The predicted molar refractivity (Wildman–Crippen MR) is 76.6 cm³/mol. The van der Waals surface area contributed by atoms with Crippen LogP contribution < -0.4 is 0 Å². The van der Waals surface area contributed by atoms with Crippen LogP contribution in [0.15, 0.2) is 5.16 Å². The van der Waals surface area contributed by atoms with Gasteiger partial charge in [0.1, 0.15) is 0 Å². The smallest absolute Gasteiger partial charge is 0.211 e. The van der Waals surface area contributed by atoms with E-state index >= 15 is 0 Å². The number of piperidine rings is 1. The molecule has 0 radical (unpaired) electrons. The molecule has 20 heavy (non-hydrogen) atoms. The first-order chi connectivity index (χ1) is 9.49. The molecule has 1 unspecified atom stereocenters. The molecule has 0 aromatic heterocycles. The van der Waals surface area contributed by atoms with E-state index in [0.717, 1.165) is 44.2 Å². The van der Waals surface area contributed by atoms with Gasteiger partial charge in [0.25, 0.3) is 0 Å². The predicted octanol–water partition coefficient (Wildman–Crippen LogP) is 1.45. The van der Waals surface area contributed by atoms with E-state index in [-0.39, 0.29) is 6.10 Å². The molecule has 1 saturated heterocycles. The first-order valence-electron chi connectivity index (χ1n) is 7.25. The minimum absolute atomic E-state index is 0.217. The van der Waals surface area contributed by atoms with Gasteiger partial charge in [-0.3, -0.25) is 0 Å². The Morgan fingerprint density at radius 3 is 2.65 bits per heavy atom. The first kappa shape index (κ1) is 15.7. The average Bonchev–Trinajstić information content (AvgIpc) is 2.45. The number of hydrogen-bond donors (Lipinski definition) is 1. The third kappa shape index (κ3) is 4.43. The fraction of sp³-hybridized carbons (Fsp3) is 0.923. The minimum atomic E-state index is -3.08. The Morgan fingerprint density at radius 1 is 1.35 bits per heavy atom. The second-order valence-corrected chi connectivity index (χ2v) is 7.81. The number of nitrogens with zero attached hydrogens (tertiary/aromatic N) is 2. The second-order valence-electron chi connectivity index (χ2n) is 5.83. The molecule has 1 atom stereocenters. The molecule has 7 heteroatoms. The standard InChI is InChI=1S/C13H24N2O4S/c1-20(17,18)15-8-2-3-11(9-15)10-19-13-6-4-12(14-16)5-7-13/h11,13,16H,2-10H2,1H3. The maximum absolute atomic E-state index is 11.6. The van der Waals surface area contributed by atoms with Crippen LogP contribution in [0.2, 0.25) is 0 Å². The summed E-state index contributed by atoms with van der Waals surface area (Å²) in [5.74, 6) is 0.298. The monoisotopic (exact) mass is 304 g/mol. The Bertz CT molecular complexity index is 439. The highest BCUT2D eigenvalue weighted by Gasteiger charge is 2.27. The van der Waals surface area contributed by atoms with Gasteiger partial charge < -0.3 is 9.94 Å². The Labute approximate surface area is 120 Å². The Balaban J connectivity index is 1.74. The zero-order chi connectivity index (χ0) is 14.6. The van der Waals surface area contributed by atoms with Gasteiger partial charge in [-0.2, -0.15) is 0 Å². The molecule has 116 valence electrons. The molecule has 2 fully saturated rings. The van der Waals surface area contributed by atoms with E-state index in [1.165, 1.54) is 6.26 Å². The number of ether oxygens (including phenoxy) is 1. The van der Waals surface area contributed by atoms with E-state index in [2.05, 4.69) is 5.16 Å². The highest BCUT2D eigenvalue weighted by atomic mass is 32.2. The van der Waals surface area contributed by atoms with E-state index < -0.39 is 10.0 Å². The van der Waals surface area contributed by atoms with Crippen LogP contribution in [0.25, 0.3) is 0 Å². The van der Waals surface area contributed by atoms with Crippen molar-refractivity contribution in [1.82, 2.24) is 4.31 Å². The fourth-order valence-electron chi connectivity index (χ4n) is 2.93. The lowest BCUT2D eigenvalue weighted by Crippen LogP contribution is -2.41.